The van der Waals surface area contributed by atoms with Crippen molar-refractivity contribution in [2.75, 3.05) is 27.7 Å². The summed E-state index contributed by atoms with van der Waals surface area (Å²) in [5, 5.41) is 6.30. The molecule has 2 aromatic carbocycles. The molecule has 0 aliphatic carbocycles. The molecule has 1 amide bonds. The Morgan fingerprint density at radius 3 is 2.52 bits per heavy atom. The van der Waals surface area contributed by atoms with Gasteiger partial charge in [-0.3, -0.25) is 9.79 Å². The average molecular weight is 484 g/mol. The van der Waals surface area contributed by atoms with Crippen LogP contribution in [-0.4, -0.2) is 44.5 Å². The number of carbonyl (C=O) groups excluding carboxylic acids is 1. The second kappa shape index (κ2) is 11.5. The molecule has 7 heteroatoms. The van der Waals surface area contributed by atoms with Gasteiger partial charge in [-0.25, -0.2) is 4.39 Å². The Balaban J connectivity index is 0.00000364. The number of guanidine groups is 1. The number of aliphatic imine (C=N–C) groups is 1. The van der Waals surface area contributed by atoms with Crippen LogP contribution >= 0.6 is 24.0 Å². The largest absolute Gasteiger partial charge is 0.356 e. The van der Waals surface area contributed by atoms with E-state index < -0.39 is 0 Å². The number of carbonyl (C=O) groups is 1. The zero-order valence-electron chi connectivity index (χ0n) is 15.8. The van der Waals surface area contributed by atoms with E-state index in [1.165, 1.54) is 6.07 Å². The molecule has 146 valence electrons. The Morgan fingerprint density at radius 1 is 1.11 bits per heavy atom. The van der Waals surface area contributed by atoms with Gasteiger partial charge < -0.3 is 15.5 Å². The van der Waals surface area contributed by atoms with Crippen molar-refractivity contribution in [3.8, 4) is 0 Å². The molecule has 0 aliphatic rings. The molecular formula is C20H26FIN4O. The van der Waals surface area contributed by atoms with Gasteiger partial charge in [0.05, 0.1) is 0 Å². The number of nitrogens with zero attached hydrogens (tertiary/aromatic N) is 2. The molecule has 27 heavy (non-hydrogen) atoms. The predicted octanol–water partition coefficient (Wildman–Crippen LogP) is 3.05. The number of halogens is 2. The summed E-state index contributed by atoms with van der Waals surface area (Å²) in [5.74, 6) is 0.355. The summed E-state index contributed by atoms with van der Waals surface area (Å²) in [6.07, 6.45) is 0.745. The second-order valence-electron chi connectivity index (χ2n) is 6.09. The van der Waals surface area contributed by atoms with E-state index in [-0.39, 0.29) is 35.7 Å². The van der Waals surface area contributed by atoms with Gasteiger partial charge in [0.15, 0.2) is 5.96 Å². The monoisotopic (exact) mass is 484 g/mol. The lowest BCUT2D eigenvalue weighted by Crippen LogP contribution is -2.38. The predicted molar refractivity (Wildman–Crippen MR) is 118 cm³/mol. The molecule has 0 saturated carbocycles. The van der Waals surface area contributed by atoms with Crippen LogP contribution in [-0.2, 0) is 13.0 Å². The summed E-state index contributed by atoms with van der Waals surface area (Å²) in [6, 6.07) is 14.2. The molecular weight excluding hydrogens is 458 g/mol. The Morgan fingerprint density at radius 2 is 1.85 bits per heavy atom. The van der Waals surface area contributed by atoms with Gasteiger partial charge in [0.1, 0.15) is 5.82 Å². The number of nitrogens with one attached hydrogen (secondary N) is 2. The van der Waals surface area contributed by atoms with Crippen LogP contribution in [0.1, 0.15) is 21.5 Å². The Kier molecular flexibility index (Phi) is 9.77. The molecule has 2 aromatic rings. The van der Waals surface area contributed by atoms with Crippen LogP contribution in [0.4, 0.5) is 4.39 Å². The molecule has 0 aromatic heterocycles. The van der Waals surface area contributed by atoms with E-state index in [0.29, 0.717) is 30.2 Å². The van der Waals surface area contributed by atoms with Crippen molar-refractivity contribution < 1.29 is 9.18 Å². The summed E-state index contributed by atoms with van der Waals surface area (Å²) >= 11 is 0. The van der Waals surface area contributed by atoms with Crippen LogP contribution in [0, 0.1) is 5.82 Å². The fourth-order valence-electron chi connectivity index (χ4n) is 2.48. The first-order valence-corrected chi connectivity index (χ1v) is 8.49. The third-order valence-electron chi connectivity index (χ3n) is 3.91. The maximum atomic E-state index is 13.6. The Labute approximate surface area is 177 Å². The van der Waals surface area contributed by atoms with Crippen molar-refractivity contribution in [3.05, 3.63) is 71.0 Å². The molecule has 0 saturated heterocycles. The normalized spacial score (nSPS) is 10.7. The van der Waals surface area contributed by atoms with Gasteiger partial charge in [-0.2, -0.15) is 0 Å². The highest BCUT2D eigenvalue weighted by Crippen LogP contribution is 2.08. The zero-order valence-corrected chi connectivity index (χ0v) is 18.2. The van der Waals surface area contributed by atoms with E-state index in [9.17, 15) is 9.18 Å². The summed E-state index contributed by atoms with van der Waals surface area (Å²) in [5.41, 5.74) is 2.33. The lowest BCUT2D eigenvalue weighted by atomic mass is 10.1. The third kappa shape index (κ3) is 7.16. The van der Waals surface area contributed by atoms with Crippen LogP contribution in [0.5, 0.6) is 0 Å². The van der Waals surface area contributed by atoms with Crippen LogP contribution in [0.25, 0.3) is 0 Å². The second-order valence-corrected chi connectivity index (χ2v) is 6.09. The number of rotatable bonds is 6. The molecule has 0 spiro atoms. The van der Waals surface area contributed by atoms with E-state index in [2.05, 4.69) is 15.6 Å². The van der Waals surface area contributed by atoms with Gasteiger partial charge in [-0.1, -0.05) is 30.3 Å². The Bertz CT molecular complexity index is 780. The first-order valence-electron chi connectivity index (χ1n) is 8.49. The number of amides is 1. The zero-order chi connectivity index (χ0) is 18.9. The van der Waals surface area contributed by atoms with E-state index in [1.54, 1.807) is 44.2 Å². The minimum absolute atomic E-state index is 0. The van der Waals surface area contributed by atoms with Crippen molar-refractivity contribution in [1.82, 2.24) is 15.5 Å². The lowest BCUT2D eigenvalue weighted by Gasteiger charge is -2.13. The number of benzene rings is 2. The molecule has 0 atom stereocenters. The van der Waals surface area contributed by atoms with Crippen molar-refractivity contribution in [3.63, 3.8) is 0 Å². The fraction of sp³-hybridized carbons (Fsp3) is 0.300. The van der Waals surface area contributed by atoms with Gasteiger partial charge in [0.25, 0.3) is 5.91 Å². The van der Waals surface area contributed by atoms with E-state index >= 15 is 0 Å². The first-order chi connectivity index (χ1) is 12.5. The highest BCUT2D eigenvalue weighted by Gasteiger charge is 2.08. The molecule has 5 nitrogen and oxygen atoms in total. The van der Waals surface area contributed by atoms with Gasteiger partial charge in [0, 0.05) is 45.4 Å². The summed E-state index contributed by atoms with van der Waals surface area (Å²) in [6.45, 7) is 1.01. The maximum absolute atomic E-state index is 13.6. The smallest absolute Gasteiger partial charge is 0.253 e. The Hall–Kier alpha value is -2.16. The third-order valence-corrected chi connectivity index (χ3v) is 3.91. The van der Waals surface area contributed by atoms with Crippen LogP contribution in [0.3, 0.4) is 0 Å². The van der Waals surface area contributed by atoms with Gasteiger partial charge in [0.2, 0.25) is 0 Å². The summed E-state index contributed by atoms with van der Waals surface area (Å²) in [7, 11) is 5.15. The van der Waals surface area contributed by atoms with Gasteiger partial charge in [-0.05, 0) is 30.2 Å². The summed E-state index contributed by atoms with van der Waals surface area (Å²) < 4.78 is 13.6. The lowest BCUT2D eigenvalue weighted by molar-refractivity contribution is 0.0827. The fourth-order valence-corrected chi connectivity index (χ4v) is 2.48. The van der Waals surface area contributed by atoms with Crippen LogP contribution < -0.4 is 10.6 Å². The molecule has 0 aliphatic heterocycles. The van der Waals surface area contributed by atoms with E-state index in [1.807, 2.05) is 24.3 Å². The van der Waals surface area contributed by atoms with Crippen molar-refractivity contribution in [2.45, 2.75) is 13.0 Å². The highest BCUT2D eigenvalue weighted by atomic mass is 127. The molecule has 2 rings (SSSR count). The first kappa shape index (κ1) is 22.9. The van der Waals surface area contributed by atoms with Crippen molar-refractivity contribution in [2.24, 2.45) is 4.99 Å². The quantitative estimate of drug-likeness (QED) is 0.377. The van der Waals surface area contributed by atoms with Gasteiger partial charge >= 0.3 is 0 Å². The molecule has 2 N–H and O–H groups in total. The summed E-state index contributed by atoms with van der Waals surface area (Å²) in [4.78, 5) is 17.7. The average Bonchev–Trinajstić information content (AvgIpc) is 2.65. The van der Waals surface area contributed by atoms with E-state index in [0.717, 1.165) is 12.0 Å². The van der Waals surface area contributed by atoms with E-state index in [4.69, 9.17) is 0 Å². The molecule has 0 radical (unpaired) electrons. The molecule has 0 bridgehead atoms. The topological polar surface area (TPSA) is 56.7 Å². The minimum Gasteiger partial charge on any atom is -0.356 e. The minimum atomic E-state index is -0.238. The van der Waals surface area contributed by atoms with Crippen molar-refractivity contribution >= 4 is 35.8 Å². The molecule has 0 fully saturated rings. The number of hydrogen-bond acceptors (Lipinski definition) is 2. The van der Waals surface area contributed by atoms with Crippen LogP contribution in [0.2, 0.25) is 0 Å². The van der Waals surface area contributed by atoms with Gasteiger partial charge in [-0.15, -0.1) is 24.0 Å². The maximum Gasteiger partial charge on any atom is 0.253 e. The van der Waals surface area contributed by atoms with Crippen molar-refractivity contribution in [1.29, 1.82) is 0 Å². The standard InChI is InChI=1S/C20H25FN4O.HI/c1-22-20(24-14-17-8-4-5-10-18(17)21)23-12-11-15-7-6-9-16(13-15)19(26)25(2)3;/h4-10,13H,11-12,14H2,1-3H3,(H2,22,23,24);1H. The molecule has 0 heterocycles. The molecule has 0 unspecified atom stereocenters. The SMILES string of the molecule is CN=C(NCCc1cccc(C(=O)N(C)C)c1)NCc1ccccc1F.I. The highest BCUT2D eigenvalue weighted by molar-refractivity contribution is 14.0. The van der Waals surface area contributed by atoms with Crippen LogP contribution in [0.15, 0.2) is 53.5 Å². The number of hydrogen-bond donors (Lipinski definition) is 2.